The van der Waals surface area contributed by atoms with E-state index in [1.807, 2.05) is 42.5 Å². The minimum absolute atomic E-state index is 0.0213. The maximum atomic E-state index is 13.5. The molecule has 2 aromatic carbocycles. The highest BCUT2D eigenvalue weighted by Gasteiger charge is 2.41. The zero-order chi connectivity index (χ0) is 19.8. The van der Waals surface area contributed by atoms with Gasteiger partial charge in [-0.25, -0.2) is 8.42 Å². The summed E-state index contributed by atoms with van der Waals surface area (Å²) in [6, 6.07) is 13.3. The largest absolute Gasteiger partial charge is 0.454 e. The number of benzene rings is 2. The van der Waals surface area contributed by atoms with Crippen LogP contribution in [0, 0.1) is 5.92 Å². The van der Waals surface area contributed by atoms with Gasteiger partial charge in [-0.1, -0.05) is 30.3 Å². The first kappa shape index (κ1) is 18.9. The number of nitrogens with zero attached hydrogens (tertiary/aromatic N) is 1. The second-order valence-electron chi connectivity index (χ2n) is 7.90. The SMILES string of the molecule is O=S(=O)(Cc1ccccc1)N1CCc2cc3c(cc2[C@@H]1C1CCOCC1)OCO3. The van der Waals surface area contributed by atoms with Crippen LogP contribution in [0.15, 0.2) is 42.5 Å². The maximum Gasteiger partial charge on any atom is 0.231 e. The number of ether oxygens (including phenoxy) is 3. The quantitative estimate of drug-likeness (QED) is 0.767. The Morgan fingerprint density at radius 2 is 1.72 bits per heavy atom. The molecule has 0 saturated carbocycles. The number of fused-ring (bicyclic) bond motifs is 2. The lowest BCUT2D eigenvalue weighted by Gasteiger charge is -2.42. The van der Waals surface area contributed by atoms with Gasteiger partial charge in [0.25, 0.3) is 0 Å². The van der Waals surface area contributed by atoms with E-state index in [2.05, 4.69) is 0 Å². The van der Waals surface area contributed by atoms with Crippen LogP contribution in [0.5, 0.6) is 11.5 Å². The van der Waals surface area contributed by atoms with Gasteiger partial charge in [-0.2, -0.15) is 4.31 Å². The predicted molar refractivity (Wildman–Crippen MR) is 108 cm³/mol. The molecule has 3 aliphatic heterocycles. The van der Waals surface area contributed by atoms with Gasteiger partial charge in [0.2, 0.25) is 16.8 Å². The van der Waals surface area contributed by atoms with E-state index in [0.29, 0.717) is 31.9 Å². The monoisotopic (exact) mass is 415 g/mol. The third kappa shape index (κ3) is 3.63. The molecule has 0 amide bonds. The summed E-state index contributed by atoms with van der Waals surface area (Å²) in [7, 11) is -3.47. The molecule has 1 atom stereocenters. The van der Waals surface area contributed by atoms with Crippen molar-refractivity contribution in [2.24, 2.45) is 5.92 Å². The fourth-order valence-electron chi connectivity index (χ4n) is 4.72. The van der Waals surface area contributed by atoms with Crippen LogP contribution in [-0.4, -0.2) is 39.3 Å². The summed E-state index contributed by atoms with van der Waals surface area (Å²) in [5, 5.41) is 0. The Balaban J connectivity index is 1.54. The molecule has 5 rings (SSSR count). The van der Waals surface area contributed by atoms with Crippen molar-refractivity contribution in [1.29, 1.82) is 0 Å². The number of hydrogen-bond acceptors (Lipinski definition) is 5. The molecule has 0 bridgehead atoms. The Labute approximate surface area is 171 Å². The molecule has 7 heteroatoms. The summed E-state index contributed by atoms with van der Waals surface area (Å²) in [6.07, 6.45) is 2.39. The molecule has 0 unspecified atom stereocenters. The average Bonchev–Trinajstić information content (AvgIpc) is 3.19. The molecule has 29 heavy (non-hydrogen) atoms. The Hall–Kier alpha value is -2.09. The van der Waals surface area contributed by atoms with Crippen LogP contribution in [0.2, 0.25) is 0 Å². The van der Waals surface area contributed by atoms with Crippen LogP contribution in [0.4, 0.5) is 0 Å². The van der Waals surface area contributed by atoms with E-state index in [1.54, 1.807) is 4.31 Å². The van der Waals surface area contributed by atoms with Gasteiger partial charge in [0.05, 0.1) is 11.8 Å². The molecule has 0 spiro atoms. The Morgan fingerprint density at radius 3 is 2.48 bits per heavy atom. The van der Waals surface area contributed by atoms with E-state index in [1.165, 1.54) is 0 Å². The highest BCUT2D eigenvalue weighted by molar-refractivity contribution is 7.88. The highest BCUT2D eigenvalue weighted by atomic mass is 32.2. The van der Waals surface area contributed by atoms with Crippen molar-refractivity contribution in [1.82, 2.24) is 4.31 Å². The average molecular weight is 416 g/mol. The zero-order valence-corrected chi connectivity index (χ0v) is 17.1. The summed E-state index contributed by atoms with van der Waals surface area (Å²) >= 11 is 0. The van der Waals surface area contributed by atoms with Crippen molar-refractivity contribution < 1.29 is 22.6 Å². The molecular formula is C22H25NO5S. The summed E-state index contributed by atoms with van der Waals surface area (Å²) in [4.78, 5) is 0. The van der Waals surface area contributed by atoms with E-state index in [-0.39, 0.29) is 24.5 Å². The van der Waals surface area contributed by atoms with Crippen LogP contribution in [0.1, 0.15) is 35.6 Å². The zero-order valence-electron chi connectivity index (χ0n) is 16.2. The normalized spacial score (nSPS) is 22.4. The van der Waals surface area contributed by atoms with E-state index in [9.17, 15) is 8.42 Å². The first-order valence-corrected chi connectivity index (χ1v) is 11.8. The van der Waals surface area contributed by atoms with Gasteiger partial charge in [-0.05, 0) is 54.0 Å². The maximum absolute atomic E-state index is 13.5. The molecule has 1 saturated heterocycles. The molecule has 3 aliphatic rings. The van der Waals surface area contributed by atoms with Gasteiger partial charge in [0.1, 0.15) is 0 Å². The molecule has 0 radical (unpaired) electrons. The number of hydrogen-bond donors (Lipinski definition) is 0. The Morgan fingerprint density at radius 1 is 1.00 bits per heavy atom. The summed E-state index contributed by atoms with van der Waals surface area (Å²) in [6.45, 7) is 2.06. The Bertz CT molecular complexity index is 986. The third-order valence-electron chi connectivity index (χ3n) is 6.13. The van der Waals surface area contributed by atoms with Crippen molar-refractivity contribution in [2.75, 3.05) is 26.6 Å². The molecule has 6 nitrogen and oxygen atoms in total. The van der Waals surface area contributed by atoms with Crippen LogP contribution in [-0.2, 0) is 26.9 Å². The number of rotatable bonds is 4. The lowest BCUT2D eigenvalue weighted by atomic mass is 9.82. The first-order valence-electron chi connectivity index (χ1n) is 10.2. The summed E-state index contributed by atoms with van der Waals surface area (Å²) < 4.78 is 45.4. The van der Waals surface area contributed by atoms with Crippen LogP contribution < -0.4 is 9.47 Å². The van der Waals surface area contributed by atoms with Crippen molar-refractivity contribution in [3.05, 3.63) is 59.2 Å². The van der Waals surface area contributed by atoms with E-state index < -0.39 is 10.0 Å². The lowest BCUT2D eigenvalue weighted by Crippen LogP contribution is -2.44. The van der Waals surface area contributed by atoms with Gasteiger partial charge in [0.15, 0.2) is 11.5 Å². The lowest BCUT2D eigenvalue weighted by molar-refractivity contribution is 0.0397. The first-order chi connectivity index (χ1) is 14.1. The summed E-state index contributed by atoms with van der Waals surface area (Å²) in [5.41, 5.74) is 3.04. The standard InChI is InChI=1S/C22H25NO5S/c24-29(25,14-16-4-2-1-3-5-16)23-9-6-18-12-20-21(28-15-27-20)13-19(18)22(23)17-7-10-26-11-8-17/h1-5,12-13,17,22H,6-11,14-15H2/t22-/m0/s1. The highest BCUT2D eigenvalue weighted by Crippen LogP contribution is 2.46. The van der Waals surface area contributed by atoms with Crippen LogP contribution in [0.3, 0.4) is 0 Å². The molecule has 2 aromatic rings. The molecule has 0 aromatic heterocycles. The minimum atomic E-state index is -3.47. The van der Waals surface area contributed by atoms with Gasteiger partial charge in [-0.3, -0.25) is 0 Å². The van der Waals surface area contributed by atoms with Crippen molar-refractivity contribution in [3.8, 4) is 11.5 Å². The fourth-order valence-corrected chi connectivity index (χ4v) is 6.50. The number of sulfonamides is 1. The molecule has 3 heterocycles. The predicted octanol–water partition coefficient (Wildman–Crippen LogP) is 3.27. The van der Waals surface area contributed by atoms with Gasteiger partial charge in [-0.15, -0.1) is 0 Å². The third-order valence-corrected chi connectivity index (χ3v) is 7.95. The molecular weight excluding hydrogens is 390 g/mol. The van der Waals surface area contributed by atoms with Gasteiger partial charge in [0, 0.05) is 19.8 Å². The second-order valence-corrected chi connectivity index (χ2v) is 9.82. The van der Waals surface area contributed by atoms with E-state index in [0.717, 1.165) is 35.3 Å². The molecule has 154 valence electrons. The molecule has 0 aliphatic carbocycles. The molecule has 0 N–H and O–H groups in total. The summed E-state index contributed by atoms with van der Waals surface area (Å²) in [5.74, 6) is 1.72. The van der Waals surface area contributed by atoms with E-state index in [4.69, 9.17) is 14.2 Å². The smallest absolute Gasteiger partial charge is 0.231 e. The Kier molecular flexibility index (Phi) is 4.97. The van der Waals surface area contributed by atoms with Crippen molar-refractivity contribution >= 4 is 10.0 Å². The van der Waals surface area contributed by atoms with Crippen molar-refractivity contribution in [2.45, 2.75) is 31.1 Å². The van der Waals surface area contributed by atoms with Gasteiger partial charge < -0.3 is 14.2 Å². The molecule has 1 fully saturated rings. The van der Waals surface area contributed by atoms with Gasteiger partial charge >= 0.3 is 0 Å². The van der Waals surface area contributed by atoms with E-state index >= 15 is 0 Å². The minimum Gasteiger partial charge on any atom is -0.454 e. The van der Waals surface area contributed by atoms with Crippen molar-refractivity contribution in [3.63, 3.8) is 0 Å². The van der Waals surface area contributed by atoms with Crippen LogP contribution >= 0.6 is 0 Å². The second kappa shape index (κ2) is 7.63. The van der Waals surface area contributed by atoms with Crippen LogP contribution in [0.25, 0.3) is 0 Å². The fraction of sp³-hybridized carbons (Fsp3) is 0.455. The topological polar surface area (TPSA) is 65.1 Å².